The zero-order valence-corrected chi connectivity index (χ0v) is 18.8. The Balaban J connectivity index is 1.44. The van der Waals surface area contributed by atoms with Crippen molar-refractivity contribution in [1.29, 1.82) is 0 Å². The van der Waals surface area contributed by atoms with Gasteiger partial charge >= 0.3 is 0 Å². The van der Waals surface area contributed by atoms with Crippen LogP contribution in [0.25, 0.3) is 6.08 Å². The molecule has 2 aliphatic rings. The molecule has 0 N–H and O–H groups in total. The van der Waals surface area contributed by atoms with E-state index in [4.69, 9.17) is 44.3 Å². The minimum atomic E-state index is -0.532. The summed E-state index contributed by atoms with van der Waals surface area (Å²) in [5.41, 5.74) is 2.25. The van der Waals surface area contributed by atoms with Crippen LogP contribution in [-0.4, -0.2) is 17.4 Å². The first-order chi connectivity index (χ1) is 15.4. The molecular weight excluding hydrogens is 476 g/mol. The van der Waals surface area contributed by atoms with Crippen molar-refractivity contribution in [3.63, 3.8) is 0 Å². The summed E-state index contributed by atoms with van der Waals surface area (Å²) in [4.78, 5) is 15.0. The fourth-order valence-electron chi connectivity index (χ4n) is 3.78. The molecular formula is C24H15Cl3FNO3. The van der Waals surface area contributed by atoms with Crippen LogP contribution in [0.5, 0.6) is 11.5 Å². The van der Waals surface area contributed by atoms with E-state index in [2.05, 4.69) is 0 Å². The quantitative estimate of drug-likeness (QED) is 0.381. The lowest BCUT2D eigenvalue weighted by Gasteiger charge is -2.29. The molecule has 0 atom stereocenters. The predicted molar refractivity (Wildman–Crippen MR) is 122 cm³/mol. The number of carbonyl (C=O) groups excluding carboxylic acids is 1. The lowest BCUT2D eigenvalue weighted by Crippen LogP contribution is -2.31. The van der Waals surface area contributed by atoms with Gasteiger partial charge in [0.15, 0.2) is 5.76 Å². The number of fused-ring (bicyclic) bond motifs is 3. The molecule has 0 aromatic heterocycles. The Morgan fingerprint density at radius 1 is 1.03 bits per heavy atom. The van der Waals surface area contributed by atoms with Crippen molar-refractivity contribution < 1.29 is 18.7 Å². The van der Waals surface area contributed by atoms with Crippen LogP contribution in [0.4, 0.5) is 4.39 Å². The van der Waals surface area contributed by atoms with Gasteiger partial charge in [-0.3, -0.25) is 9.69 Å². The molecule has 2 aliphatic heterocycles. The summed E-state index contributed by atoms with van der Waals surface area (Å²) < 4.78 is 26.0. The Morgan fingerprint density at radius 2 is 1.88 bits per heavy atom. The molecule has 0 saturated carbocycles. The number of rotatable bonds is 3. The fourth-order valence-corrected chi connectivity index (χ4v) is 4.32. The summed E-state index contributed by atoms with van der Waals surface area (Å²) in [6.45, 7) is 1.44. The summed E-state index contributed by atoms with van der Waals surface area (Å²) in [5.74, 6) is 0.221. The van der Waals surface area contributed by atoms with Gasteiger partial charge in [-0.1, -0.05) is 46.9 Å². The molecule has 162 valence electrons. The van der Waals surface area contributed by atoms with Crippen LogP contribution in [-0.2, 0) is 13.1 Å². The predicted octanol–water partition coefficient (Wildman–Crippen LogP) is 6.75. The SMILES string of the molecule is O=C1/C(=C/c2c(F)cccc2Cl)Oc2c1ccc1c2CN(Cc2ccc(Cl)c(Cl)c2)CO1. The van der Waals surface area contributed by atoms with Crippen molar-refractivity contribution >= 4 is 46.7 Å². The van der Waals surface area contributed by atoms with Gasteiger partial charge in [0.1, 0.15) is 24.0 Å². The third kappa shape index (κ3) is 3.86. The van der Waals surface area contributed by atoms with Crippen molar-refractivity contribution in [2.75, 3.05) is 6.73 Å². The number of hydrogen-bond acceptors (Lipinski definition) is 4. The number of nitrogens with zero attached hydrogens (tertiary/aromatic N) is 1. The Bertz CT molecular complexity index is 1270. The molecule has 0 amide bonds. The van der Waals surface area contributed by atoms with Crippen molar-refractivity contribution in [2.45, 2.75) is 13.1 Å². The summed E-state index contributed by atoms with van der Waals surface area (Å²) in [7, 11) is 0. The number of halogens is 4. The van der Waals surface area contributed by atoms with E-state index in [1.165, 1.54) is 18.2 Å². The second-order valence-corrected chi connectivity index (χ2v) is 8.72. The summed E-state index contributed by atoms with van der Waals surface area (Å²) in [6, 6.07) is 13.2. The van der Waals surface area contributed by atoms with Gasteiger partial charge in [-0.15, -0.1) is 0 Å². The van der Waals surface area contributed by atoms with E-state index in [-0.39, 0.29) is 22.1 Å². The minimum Gasteiger partial charge on any atom is -0.478 e. The zero-order chi connectivity index (χ0) is 22.4. The van der Waals surface area contributed by atoms with Crippen LogP contribution < -0.4 is 9.47 Å². The lowest BCUT2D eigenvalue weighted by atomic mass is 10.0. The van der Waals surface area contributed by atoms with Crippen LogP contribution >= 0.6 is 34.8 Å². The van der Waals surface area contributed by atoms with Crippen LogP contribution in [0.2, 0.25) is 15.1 Å². The van der Waals surface area contributed by atoms with Crippen LogP contribution in [0.3, 0.4) is 0 Å². The maximum atomic E-state index is 14.2. The molecule has 5 rings (SSSR count). The third-order valence-electron chi connectivity index (χ3n) is 5.35. The van der Waals surface area contributed by atoms with Crippen molar-refractivity contribution in [3.8, 4) is 11.5 Å². The van der Waals surface area contributed by atoms with Gasteiger partial charge in [0.25, 0.3) is 0 Å². The zero-order valence-electron chi connectivity index (χ0n) is 16.5. The highest BCUT2D eigenvalue weighted by Gasteiger charge is 2.34. The number of ketones is 1. The Morgan fingerprint density at radius 3 is 2.66 bits per heavy atom. The molecule has 0 saturated heterocycles. The third-order valence-corrected chi connectivity index (χ3v) is 6.42. The largest absolute Gasteiger partial charge is 0.478 e. The number of hydrogen-bond donors (Lipinski definition) is 0. The fraction of sp³-hybridized carbons (Fsp3) is 0.125. The Hall–Kier alpha value is -2.57. The standard InChI is InChI=1S/C24H15Cl3FNO3/c25-17-2-1-3-20(28)15(17)9-22-23(30)14-5-7-21-16(24(14)32-22)11-29(12-31-21)10-13-4-6-18(26)19(27)8-13/h1-9H,10-12H2/b22-9-. The maximum Gasteiger partial charge on any atom is 0.231 e. The maximum absolute atomic E-state index is 14.2. The van der Waals surface area contributed by atoms with Gasteiger partial charge in [0.2, 0.25) is 5.78 Å². The molecule has 2 heterocycles. The first-order valence-electron chi connectivity index (χ1n) is 9.74. The number of ether oxygens (including phenoxy) is 2. The van der Waals surface area contributed by atoms with E-state index in [1.807, 2.05) is 17.0 Å². The second-order valence-electron chi connectivity index (χ2n) is 7.50. The highest BCUT2D eigenvalue weighted by molar-refractivity contribution is 6.42. The normalized spacial score (nSPS) is 16.5. The van der Waals surface area contributed by atoms with Crippen LogP contribution in [0.1, 0.15) is 27.0 Å². The van der Waals surface area contributed by atoms with Crippen molar-refractivity contribution in [3.05, 3.63) is 97.4 Å². The first-order valence-corrected chi connectivity index (χ1v) is 10.9. The van der Waals surface area contributed by atoms with Gasteiger partial charge < -0.3 is 9.47 Å². The number of allylic oxidation sites excluding steroid dienone is 1. The number of carbonyl (C=O) groups is 1. The Labute approximate surface area is 198 Å². The molecule has 32 heavy (non-hydrogen) atoms. The van der Waals surface area contributed by atoms with E-state index >= 15 is 0 Å². The van der Waals surface area contributed by atoms with Crippen LogP contribution in [0.15, 0.2) is 54.3 Å². The molecule has 0 aliphatic carbocycles. The van der Waals surface area contributed by atoms with Crippen LogP contribution in [0, 0.1) is 5.82 Å². The molecule has 0 radical (unpaired) electrons. The van der Waals surface area contributed by atoms with Crippen molar-refractivity contribution in [1.82, 2.24) is 4.90 Å². The van der Waals surface area contributed by atoms with Crippen molar-refractivity contribution in [2.24, 2.45) is 0 Å². The molecule has 8 heteroatoms. The van der Waals surface area contributed by atoms with E-state index in [9.17, 15) is 9.18 Å². The van der Waals surface area contributed by atoms with E-state index in [0.29, 0.717) is 46.9 Å². The molecule has 0 bridgehead atoms. The molecule has 3 aromatic rings. The van der Waals surface area contributed by atoms with E-state index in [0.717, 1.165) is 11.1 Å². The summed E-state index contributed by atoms with van der Waals surface area (Å²) in [5, 5.41) is 1.18. The monoisotopic (exact) mass is 489 g/mol. The summed E-state index contributed by atoms with van der Waals surface area (Å²) in [6.07, 6.45) is 1.34. The van der Waals surface area contributed by atoms with E-state index in [1.54, 1.807) is 24.3 Å². The highest BCUT2D eigenvalue weighted by atomic mass is 35.5. The smallest absolute Gasteiger partial charge is 0.231 e. The lowest BCUT2D eigenvalue weighted by molar-refractivity contribution is 0.0873. The molecule has 0 fully saturated rings. The van der Waals surface area contributed by atoms with E-state index < -0.39 is 5.82 Å². The average Bonchev–Trinajstić information content (AvgIpc) is 3.09. The highest BCUT2D eigenvalue weighted by Crippen LogP contribution is 2.42. The number of Topliss-reactive ketones (excluding diaryl/α,β-unsaturated/α-hetero) is 1. The molecule has 0 unspecified atom stereocenters. The van der Waals surface area contributed by atoms with Gasteiger partial charge in [0, 0.05) is 18.7 Å². The minimum absolute atomic E-state index is 0.0157. The topological polar surface area (TPSA) is 38.8 Å². The number of benzene rings is 3. The van der Waals surface area contributed by atoms with Gasteiger partial charge in [-0.05, 0) is 48.0 Å². The van der Waals surface area contributed by atoms with Gasteiger partial charge in [-0.2, -0.15) is 0 Å². The average molecular weight is 491 g/mol. The molecule has 3 aromatic carbocycles. The second kappa shape index (κ2) is 8.41. The molecule has 0 spiro atoms. The summed E-state index contributed by atoms with van der Waals surface area (Å²) >= 11 is 18.2. The molecule has 4 nitrogen and oxygen atoms in total. The van der Waals surface area contributed by atoms with Gasteiger partial charge in [-0.25, -0.2) is 4.39 Å². The Kier molecular flexibility index (Phi) is 5.59. The first kappa shape index (κ1) is 21.3. The van der Waals surface area contributed by atoms with Gasteiger partial charge in [0.05, 0.1) is 26.2 Å².